The molecule has 1 aromatic rings. The molecule has 1 aromatic heterocycles. The number of urea groups is 1. The SMILES string of the molecule is CCCNC(=O)N(C(=N)N)c1cccnc1. The Hall–Kier alpha value is -2.11. The Morgan fingerprint density at radius 2 is 2.44 bits per heavy atom. The third-order valence-corrected chi connectivity index (χ3v) is 1.87. The van der Waals surface area contributed by atoms with E-state index < -0.39 is 6.03 Å². The van der Waals surface area contributed by atoms with Gasteiger partial charge in [0.05, 0.1) is 11.9 Å². The number of aromatic nitrogens is 1. The van der Waals surface area contributed by atoms with E-state index in [1.165, 1.54) is 6.20 Å². The van der Waals surface area contributed by atoms with Crippen molar-refractivity contribution in [1.82, 2.24) is 10.3 Å². The van der Waals surface area contributed by atoms with Gasteiger partial charge in [-0.1, -0.05) is 6.92 Å². The molecule has 86 valence electrons. The van der Waals surface area contributed by atoms with Gasteiger partial charge in [0.15, 0.2) is 0 Å². The van der Waals surface area contributed by atoms with E-state index in [0.29, 0.717) is 12.2 Å². The molecule has 1 rings (SSSR count). The van der Waals surface area contributed by atoms with Crippen LogP contribution >= 0.6 is 0 Å². The van der Waals surface area contributed by atoms with Crippen LogP contribution in [0.2, 0.25) is 0 Å². The fraction of sp³-hybridized carbons (Fsp3) is 0.300. The molecule has 0 aliphatic rings. The van der Waals surface area contributed by atoms with E-state index in [4.69, 9.17) is 11.1 Å². The quantitative estimate of drug-likeness (QED) is 0.522. The number of carbonyl (C=O) groups is 1. The Balaban J connectivity index is 2.84. The zero-order valence-corrected chi connectivity index (χ0v) is 9.10. The van der Waals surface area contributed by atoms with Gasteiger partial charge in [-0.25, -0.2) is 9.69 Å². The molecule has 0 spiro atoms. The van der Waals surface area contributed by atoms with Gasteiger partial charge >= 0.3 is 6.03 Å². The second kappa shape index (κ2) is 5.69. The number of amides is 2. The van der Waals surface area contributed by atoms with E-state index >= 15 is 0 Å². The summed E-state index contributed by atoms with van der Waals surface area (Å²) < 4.78 is 0. The average Bonchev–Trinajstić information content (AvgIpc) is 2.27. The van der Waals surface area contributed by atoms with Gasteiger partial charge in [-0.15, -0.1) is 0 Å². The number of guanidine groups is 1. The predicted octanol–water partition coefficient (Wildman–Crippen LogP) is 0.901. The van der Waals surface area contributed by atoms with Crippen LogP contribution in [0.1, 0.15) is 13.3 Å². The maximum Gasteiger partial charge on any atom is 0.328 e. The molecule has 0 saturated heterocycles. The number of nitrogens with two attached hydrogens (primary N) is 1. The highest BCUT2D eigenvalue weighted by atomic mass is 16.2. The van der Waals surface area contributed by atoms with Crippen LogP contribution in [0.5, 0.6) is 0 Å². The van der Waals surface area contributed by atoms with E-state index in [1.807, 2.05) is 6.92 Å². The van der Waals surface area contributed by atoms with E-state index in [-0.39, 0.29) is 5.96 Å². The van der Waals surface area contributed by atoms with Crippen molar-refractivity contribution >= 4 is 17.7 Å². The summed E-state index contributed by atoms with van der Waals surface area (Å²) in [5, 5.41) is 10.0. The lowest BCUT2D eigenvalue weighted by atomic mass is 10.4. The maximum atomic E-state index is 11.7. The molecule has 0 aliphatic carbocycles. The van der Waals surface area contributed by atoms with E-state index in [1.54, 1.807) is 18.3 Å². The number of hydrogen-bond donors (Lipinski definition) is 3. The summed E-state index contributed by atoms with van der Waals surface area (Å²) in [6, 6.07) is 2.93. The fourth-order valence-electron chi connectivity index (χ4n) is 1.16. The minimum absolute atomic E-state index is 0.332. The summed E-state index contributed by atoms with van der Waals surface area (Å²) in [4.78, 5) is 16.7. The number of carbonyl (C=O) groups excluding carboxylic acids is 1. The van der Waals surface area contributed by atoms with Gasteiger partial charge in [0.1, 0.15) is 0 Å². The van der Waals surface area contributed by atoms with Crippen molar-refractivity contribution in [3.8, 4) is 0 Å². The average molecular weight is 221 g/mol. The lowest BCUT2D eigenvalue weighted by molar-refractivity contribution is 0.249. The Bertz CT molecular complexity index is 365. The number of rotatable bonds is 3. The van der Waals surface area contributed by atoms with Crippen molar-refractivity contribution in [2.24, 2.45) is 5.73 Å². The van der Waals surface area contributed by atoms with Crippen molar-refractivity contribution in [2.75, 3.05) is 11.4 Å². The Morgan fingerprint density at radius 3 is 2.94 bits per heavy atom. The molecule has 6 nitrogen and oxygen atoms in total. The largest absolute Gasteiger partial charge is 0.369 e. The summed E-state index contributed by atoms with van der Waals surface area (Å²) in [7, 11) is 0. The summed E-state index contributed by atoms with van der Waals surface area (Å²) in [6.07, 6.45) is 3.89. The number of nitrogens with zero attached hydrogens (tertiary/aromatic N) is 2. The summed E-state index contributed by atoms with van der Waals surface area (Å²) in [5.74, 6) is -0.332. The molecule has 0 aromatic carbocycles. The Morgan fingerprint density at radius 1 is 1.69 bits per heavy atom. The van der Waals surface area contributed by atoms with Gasteiger partial charge in [0.2, 0.25) is 5.96 Å². The van der Waals surface area contributed by atoms with Crippen LogP contribution in [-0.4, -0.2) is 23.5 Å². The second-order valence-electron chi connectivity index (χ2n) is 3.16. The molecule has 0 unspecified atom stereocenters. The Kier molecular flexibility index (Phi) is 4.26. The highest BCUT2D eigenvalue weighted by molar-refractivity contribution is 6.13. The topological polar surface area (TPSA) is 95.1 Å². The number of hydrogen-bond acceptors (Lipinski definition) is 3. The third kappa shape index (κ3) is 2.94. The third-order valence-electron chi connectivity index (χ3n) is 1.87. The molecule has 0 saturated carbocycles. The summed E-state index contributed by atoms with van der Waals surface area (Å²) >= 11 is 0. The second-order valence-corrected chi connectivity index (χ2v) is 3.16. The molecule has 4 N–H and O–H groups in total. The van der Waals surface area contributed by atoms with Crippen molar-refractivity contribution in [1.29, 1.82) is 5.41 Å². The van der Waals surface area contributed by atoms with E-state index in [0.717, 1.165) is 11.3 Å². The highest BCUT2D eigenvalue weighted by Gasteiger charge is 2.17. The number of nitrogens with one attached hydrogen (secondary N) is 2. The first kappa shape index (κ1) is 12.0. The monoisotopic (exact) mass is 221 g/mol. The molecule has 6 heteroatoms. The van der Waals surface area contributed by atoms with Crippen molar-refractivity contribution < 1.29 is 4.79 Å². The maximum absolute atomic E-state index is 11.7. The Labute approximate surface area is 94.0 Å². The van der Waals surface area contributed by atoms with Crippen LogP contribution in [0.15, 0.2) is 24.5 Å². The summed E-state index contributed by atoms with van der Waals surface area (Å²) in [5.41, 5.74) is 5.84. The highest BCUT2D eigenvalue weighted by Crippen LogP contribution is 2.10. The van der Waals surface area contributed by atoms with Crippen molar-refractivity contribution in [3.05, 3.63) is 24.5 Å². The molecule has 0 aliphatic heterocycles. The van der Waals surface area contributed by atoms with Gasteiger partial charge in [0.25, 0.3) is 0 Å². The molecule has 0 atom stereocenters. The van der Waals surface area contributed by atoms with E-state index in [9.17, 15) is 4.79 Å². The van der Waals surface area contributed by atoms with Crippen molar-refractivity contribution in [2.45, 2.75) is 13.3 Å². The van der Waals surface area contributed by atoms with Gasteiger partial charge in [-0.3, -0.25) is 10.4 Å². The zero-order valence-electron chi connectivity index (χ0n) is 9.10. The molecule has 2 amide bonds. The molecular formula is C10H15N5O. The molecule has 0 bridgehead atoms. The standard InChI is InChI=1S/C10H15N5O/c1-2-5-14-10(16)15(9(11)12)8-4-3-6-13-7-8/h3-4,6-7H,2,5H2,1H3,(H3,11,12)(H,14,16). The van der Waals surface area contributed by atoms with Crippen LogP contribution in [0.3, 0.4) is 0 Å². The van der Waals surface area contributed by atoms with Crippen LogP contribution in [0.25, 0.3) is 0 Å². The first-order chi connectivity index (χ1) is 7.66. The molecule has 0 radical (unpaired) electrons. The van der Waals surface area contributed by atoms with Crippen molar-refractivity contribution in [3.63, 3.8) is 0 Å². The van der Waals surface area contributed by atoms with Crippen LogP contribution in [-0.2, 0) is 0 Å². The fourth-order valence-corrected chi connectivity index (χ4v) is 1.16. The van der Waals surface area contributed by atoms with Crippen LogP contribution in [0.4, 0.5) is 10.5 Å². The normalized spacial score (nSPS) is 9.56. The smallest absolute Gasteiger partial charge is 0.328 e. The van der Waals surface area contributed by atoms with Gasteiger partial charge in [-0.05, 0) is 18.6 Å². The number of anilines is 1. The number of pyridine rings is 1. The first-order valence-corrected chi connectivity index (χ1v) is 4.98. The minimum Gasteiger partial charge on any atom is -0.369 e. The zero-order chi connectivity index (χ0) is 12.0. The van der Waals surface area contributed by atoms with Gasteiger partial charge < -0.3 is 11.1 Å². The molecule has 1 heterocycles. The summed E-state index contributed by atoms with van der Waals surface area (Å²) in [6.45, 7) is 2.49. The van der Waals surface area contributed by atoms with Gasteiger partial charge in [0, 0.05) is 12.7 Å². The molecule has 16 heavy (non-hydrogen) atoms. The minimum atomic E-state index is -0.414. The van der Waals surface area contributed by atoms with Crippen LogP contribution < -0.4 is 16.0 Å². The molecule has 0 fully saturated rings. The lowest BCUT2D eigenvalue weighted by Gasteiger charge is -2.20. The lowest BCUT2D eigenvalue weighted by Crippen LogP contribution is -2.47. The first-order valence-electron chi connectivity index (χ1n) is 4.98. The molecular weight excluding hydrogens is 206 g/mol. The van der Waals surface area contributed by atoms with Crippen LogP contribution in [0, 0.1) is 5.41 Å². The van der Waals surface area contributed by atoms with E-state index in [2.05, 4.69) is 10.3 Å². The van der Waals surface area contributed by atoms with Gasteiger partial charge in [-0.2, -0.15) is 0 Å². The predicted molar refractivity (Wildman–Crippen MR) is 62.3 cm³/mol.